The molecule has 2 N–H and O–H groups in total. The smallest absolute Gasteiger partial charge is 0.0381 e. The van der Waals surface area contributed by atoms with E-state index in [1.165, 1.54) is 48.8 Å². The van der Waals surface area contributed by atoms with Gasteiger partial charge in [-0.1, -0.05) is 52.2 Å². The molecule has 0 aliphatic heterocycles. The fraction of sp³-hybridized carbons (Fsp3) is 0.625. The molecule has 0 saturated carbocycles. The number of hydrogen-bond donors (Lipinski definition) is 1. The SMILES string of the molecule is CCCCCCc1ccc(CC)c(N)c1CC. The lowest BCUT2D eigenvalue weighted by molar-refractivity contribution is 0.665. The maximum absolute atomic E-state index is 6.24. The summed E-state index contributed by atoms with van der Waals surface area (Å²) in [5.74, 6) is 0. The number of benzene rings is 1. The Kier molecular flexibility index (Phi) is 6.10. The number of nitrogen functional groups attached to an aromatic ring is 1. The number of rotatable bonds is 7. The van der Waals surface area contributed by atoms with E-state index < -0.39 is 0 Å². The van der Waals surface area contributed by atoms with Crippen LogP contribution < -0.4 is 5.73 Å². The van der Waals surface area contributed by atoms with Gasteiger partial charge in [0.1, 0.15) is 0 Å². The molecule has 1 heteroatoms. The first-order valence-corrected chi connectivity index (χ1v) is 7.13. The molecule has 0 aliphatic carbocycles. The van der Waals surface area contributed by atoms with E-state index >= 15 is 0 Å². The molecular formula is C16H27N. The quantitative estimate of drug-likeness (QED) is 0.544. The molecule has 0 amide bonds. The molecule has 0 aliphatic rings. The van der Waals surface area contributed by atoms with Crippen LogP contribution in [0.2, 0.25) is 0 Å². The van der Waals surface area contributed by atoms with Crippen LogP contribution in [0.3, 0.4) is 0 Å². The van der Waals surface area contributed by atoms with Crippen molar-refractivity contribution in [1.82, 2.24) is 0 Å². The van der Waals surface area contributed by atoms with Gasteiger partial charge in [-0.2, -0.15) is 0 Å². The zero-order chi connectivity index (χ0) is 12.7. The minimum absolute atomic E-state index is 1.04. The third-order valence-corrected chi connectivity index (χ3v) is 3.58. The minimum Gasteiger partial charge on any atom is -0.398 e. The summed E-state index contributed by atoms with van der Waals surface area (Å²) < 4.78 is 0. The van der Waals surface area contributed by atoms with E-state index in [2.05, 4.69) is 32.9 Å². The Morgan fingerprint density at radius 3 is 2.18 bits per heavy atom. The van der Waals surface area contributed by atoms with Gasteiger partial charge >= 0.3 is 0 Å². The molecule has 96 valence electrons. The molecule has 0 heterocycles. The highest BCUT2D eigenvalue weighted by molar-refractivity contribution is 5.57. The molecule has 0 saturated heterocycles. The van der Waals surface area contributed by atoms with Gasteiger partial charge in [0.25, 0.3) is 0 Å². The van der Waals surface area contributed by atoms with Gasteiger partial charge < -0.3 is 5.73 Å². The summed E-state index contributed by atoms with van der Waals surface area (Å²) >= 11 is 0. The topological polar surface area (TPSA) is 26.0 Å². The predicted octanol–water partition coefficient (Wildman–Crippen LogP) is 4.52. The third kappa shape index (κ3) is 3.76. The summed E-state index contributed by atoms with van der Waals surface area (Å²) in [6, 6.07) is 4.50. The minimum atomic E-state index is 1.04. The average Bonchev–Trinajstić information content (AvgIpc) is 2.35. The normalized spacial score (nSPS) is 10.8. The monoisotopic (exact) mass is 233 g/mol. The van der Waals surface area contributed by atoms with Gasteiger partial charge in [0.05, 0.1) is 0 Å². The second kappa shape index (κ2) is 7.37. The largest absolute Gasteiger partial charge is 0.398 e. The van der Waals surface area contributed by atoms with E-state index in [1.807, 2.05) is 0 Å². The van der Waals surface area contributed by atoms with Crippen molar-refractivity contribution < 1.29 is 0 Å². The molecule has 0 unspecified atom stereocenters. The lowest BCUT2D eigenvalue weighted by Gasteiger charge is -2.14. The maximum atomic E-state index is 6.24. The van der Waals surface area contributed by atoms with Crippen molar-refractivity contribution in [2.45, 2.75) is 65.7 Å². The summed E-state index contributed by atoms with van der Waals surface area (Å²) in [5.41, 5.74) is 11.4. The number of nitrogens with two attached hydrogens (primary N) is 1. The molecule has 0 fully saturated rings. The highest BCUT2D eigenvalue weighted by Gasteiger charge is 2.08. The first-order chi connectivity index (χ1) is 8.24. The van der Waals surface area contributed by atoms with E-state index in [-0.39, 0.29) is 0 Å². The lowest BCUT2D eigenvalue weighted by Crippen LogP contribution is -2.03. The van der Waals surface area contributed by atoms with Crippen LogP contribution in [0.4, 0.5) is 5.69 Å². The van der Waals surface area contributed by atoms with E-state index in [0.717, 1.165) is 18.5 Å². The summed E-state index contributed by atoms with van der Waals surface area (Å²) in [6.45, 7) is 6.64. The Morgan fingerprint density at radius 2 is 1.59 bits per heavy atom. The Balaban J connectivity index is 2.74. The standard InChI is InChI=1S/C16H27N/c1-4-7-8-9-10-14-12-11-13(5-2)16(17)15(14)6-3/h11-12H,4-10,17H2,1-3H3. The number of hydrogen-bond acceptors (Lipinski definition) is 1. The van der Waals surface area contributed by atoms with Gasteiger partial charge in [-0.25, -0.2) is 0 Å². The Labute approximate surface area is 106 Å². The molecule has 1 nitrogen and oxygen atoms in total. The van der Waals surface area contributed by atoms with Crippen LogP contribution in [-0.2, 0) is 19.3 Å². The van der Waals surface area contributed by atoms with Crippen molar-refractivity contribution in [3.63, 3.8) is 0 Å². The highest BCUT2D eigenvalue weighted by Crippen LogP contribution is 2.24. The average molecular weight is 233 g/mol. The molecule has 0 bridgehead atoms. The fourth-order valence-corrected chi connectivity index (χ4v) is 2.46. The second-order valence-corrected chi connectivity index (χ2v) is 4.79. The van der Waals surface area contributed by atoms with Crippen LogP contribution in [0.1, 0.15) is 63.1 Å². The summed E-state index contributed by atoms with van der Waals surface area (Å²) in [7, 11) is 0. The molecule has 17 heavy (non-hydrogen) atoms. The van der Waals surface area contributed by atoms with Crippen LogP contribution in [0.5, 0.6) is 0 Å². The van der Waals surface area contributed by atoms with Crippen molar-refractivity contribution in [2.75, 3.05) is 5.73 Å². The van der Waals surface area contributed by atoms with Gasteiger partial charge in [-0.05, 0) is 42.4 Å². The first-order valence-electron chi connectivity index (χ1n) is 7.13. The molecule has 1 aromatic carbocycles. The molecular weight excluding hydrogens is 206 g/mol. The van der Waals surface area contributed by atoms with Gasteiger partial charge in [-0.15, -0.1) is 0 Å². The van der Waals surface area contributed by atoms with Crippen molar-refractivity contribution in [1.29, 1.82) is 0 Å². The van der Waals surface area contributed by atoms with Crippen molar-refractivity contribution in [3.05, 3.63) is 28.8 Å². The number of unbranched alkanes of at least 4 members (excludes halogenated alkanes) is 3. The van der Waals surface area contributed by atoms with Gasteiger partial charge in [0.15, 0.2) is 0 Å². The van der Waals surface area contributed by atoms with Crippen LogP contribution in [0.15, 0.2) is 12.1 Å². The van der Waals surface area contributed by atoms with E-state index in [0.29, 0.717) is 0 Å². The number of anilines is 1. The molecule has 0 aromatic heterocycles. The first kappa shape index (κ1) is 14.1. The zero-order valence-corrected chi connectivity index (χ0v) is 11.7. The molecule has 0 atom stereocenters. The molecule has 0 spiro atoms. The van der Waals surface area contributed by atoms with Gasteiger partial charge in [0, 0.05) is 5.69 Å². The highest BCUT2D eigenvalue weighted by atomic mass is 14.6. The maximum Gasteiger partial charge on any atom is 0.0381 e. The summed E-state index contributed by atoms with van der Waals surface area (Å²) in [4.78, 5) is 0. The fourth-order valence-electron chi connectivity index (χ4n) is 2.46. The molecule has 1 aromatic rings. The third-order valence-electron chi connectivity index (χ3n) is 3.58. The van der Waals surface area contributed by atoms with Gasteiger partial charge in [-0.3, -0.25) is 0 Å². The van der Waals surface area contributed by atoms with E-state index in [4.69, 9.17) is 5.73 Å². The summed E-state index contributed by atoms with van der Waals surface area (Å²) in [5, 5.41) is 0. The van der Waals surface area contributed by atoms with Crippen molar-refractivity contribution in [2.24, 2.45) is 0 Å². The Morgan fingerprint density at radius 1 is 0.882 bits per heavy atom. The van der Waals surface area contributed by atoms with Crippen molar-refractivity contribution >= 4 is 5.69 Å². The van der Waals surface area contributed by atoms with Gasteiger partial charge in [0.2, 0.25) is 0 Å². The van der Waals surface area contributed by atoms with Crippen LogP contribution in [-0.4, -0.2) is 0 Å². The zero-order valence-electron chi connectivity index (χ0n) is 11.7. The van der Waals surface area contributed by atoms with Crippen LogP contribution in [0, 0.1) is 0 Å². The second-order valence-electron chi connectivity index (χ2n) is 4.79. The Bertz CT molecular complexity index is 342. The van der Waals surface area contributed by atoms with Crippen molar-refractivity contribution in [3.8, 4) is 0 Å². The number of aryl methyl sites for hydroxylation is 2. The van der Waals surface area contributed by atoms with Crippen LogP contribution >= 0.6 is 0 Å². The predicted molar refractivity (Wildman–Crippen MR) is 77.5 cm³/mol. The molecule has 0 radical (unpaired) electrons. The molecule has 1 rings (SSSR count). The van der Waals surface area contributed by atoms with E-state index in [1.54, 1.807) is 0 Å². The van der Waals surface area contributed by atoms with E-state index in [9.17, 15) is 0 Å². The summed E-state index contributed by atoms with van der Waals surface area (Å²) in [6.07, 6.45) is 8.58. The Hall–Kier alpha value is -0.980. The lowest BCUT2D eigenvalue weighted by atomic mass is 9.94. The van der Waals surface area contributed by atoms with Crippen LogP contribution in [0.25, 0.3) is 0 Å².